The van der Waals surface area contributed by atoms with Crippen molar-refractivity contribution in [3.05, 3.63) is 42.0 Å². The van der Waals surface area contributed by atoms with Crippen molar-refractivity contribution >= 4 is 23.4 Å². The van der Waals surface area contributed by atoms with Gasteiger partial charge in [0.05, 0.1) is 6.67 Å². The summed E-state index contributed by atoms with van der Waals surface area (Å²) in [5.74, 6) is -1.33. The molecule has 2 fully saturated rings. The monoisotopic (exact) mass is 353 g/mol. The fourth-order valence-corrected chi connectivity index (χ4v) is 4.09. The third kappa shape index (κ3) is 3.05. The van der Waals surface area contributed by atoms with E-state index in [1.165, 1.54) is 16.0 Å². The Kier molecular flexibility index (Phi) is 4.59. The summed E-state index contributed by atoms with van der Waals surface area (Å²) in [6.45, 7) is 1.61. The van der Waals surface area contributed by atoms with Crippen LogP contribution in [0.2, 0.25) is 0 Å². The summed E-state index contributed by atoms with van der Waals surface area (Å²) < 4.78 is 0. The SMILES string of the molecule is O=C1C(=O)N(C2CCCC2)C(=O)N1CN1CC=C(c2ccccc2)CC1. The zero-order valence-electron chi connectivity index (χ0n) is 14.8. The molecule has 0 aromatic heterocycles. The molecular formula is C20H23N3O3. The standard InChI is InChI=1S/C20H23N3O3/c24-18-19(25)23(17-8-4-5-9-17)20(26)22(18)14-21-12-10-16(11-13-21)15-6-2-1-3-7-15/h1-3,6-7,10,17H,4-5,8-9,11-14H2. The molecule has 2 heterocycles. The van der Waals surface area contributed by atoms with Gasteiger partial charge in [0.1, 0.15) is 0 Å². The minimum atomic E-state index is -0.681. The number of hydrogen-bond acceptors (Lipinski definition) is 4. The predicted octanol–water partition coefficient (Wildman–Crippen LogP) is 2.47. The van der Waals surface area contributed by atoms with Crippen LogP contribution in [0.5, 0.6) is 0 Å². The maximum atomic E-state index is 12.6. The Morgan fingerprint density at radius 1 is 0.962 bits per heavy atom. The van der Waals surface area contributed by atoms with Gasteiger partial charge in [-0.2, -0.15) is 0 Å². The molecule has 2 aliphatic heterocycles. The third-order valence-electron chi connectivity index (χ3n) is 5.55. The Hall–Kier alpha value is -2.47. The minimum Gasteiger partial charge on any atom is -0.281 e. The zero-order valence-corrected chi connectivity index (χ0v) is 14.8. The van der Waals surface area contributed by atoms with Crippen molar-refractivity contribution in [2.45, 2.75) is 38.1 Å². The second-order valence-corrected chi connectivity index (χ2v) is 7.19. The highest BCUT2D eigenvalue weighted by molar-refractivity contribution is 6.44. The summed E-state index contributed by atoms with van der Waals surface area (Å²) in [6, 6.07) is 9.68. The van der Waals surface area contributed by atoms with E-state index in [2.05, 4.69) is 18.2 Å². The summed E-state index contributed by atoms with van der Waals surface area (Å²) in [6.07, 6.45) is 6.64. The van der Waals surface area contributed by atoms with Gasteiger partial charge < -0.3 is 0 Å². The van der Waals surface area contributed by atoms with Crippen LogP contribution in [0.15, 0.2) is 36.4 Å². The molecule has 0 atom stereocenters. The number of amides is 4. The van der Waals surface area contributed by atoms with Crippen LogP contribution >= 0.6 is 0 Å². The summed E-state index contributed by atoms with van der Waals surface area (Å²) in [5.41, 5.74) is 2.49. The molecule has 0 radical (unpaired) electrons. The lowest BCUT2D eigenvalue weighted by atomic mass is 10.00. The molecule has 1 saturated heterocycles. The number of rotatable bonds is 4. The van der Waals surface area contributed by atoms with E-state index in [0.29, 0.717) is 6.54 Å². The van der Waals surface area contributed by atoms with E-state index in [9.17, 15) is 14.4 Å². The fourth-order valence-electron chi connectivity index (χ4n) is 4.09. The van der Waals surface area contributed by atoms with Gasteiger partial charge in [-0.25, -0.2) is 9.69 Å². The van der Waals surface area contributed by atoms with Gasteiger partial charge in [0.25, 0.3) is 0 Å². The van der Waals surface area contributed by atoms with Crippen LogP contribution in [0.25, 0.3) is 5.57 Å². The zero-order chi connectivity index (χ0) is 18.1. The van der Waals surface area contributed by atoms with Gasteiger partial charge in [0, 0.05) is 19.1 Å². The van der Waals surface area contributed by atoms with E-state index in [4.69, 9.17) is 0 Å². The van der Waals surface area contributed by atoms with E-state index < -0.39 is 17.8 Å². The van der Waals surface area contributed by atoms with Gasteiger partial charge in [-0.1, -0.05) is 49.2 Å². The number of urea groups is 1. The normalized spacial score (nSPS) is 22.5. The molecule has 1 aromatic rings. The molecule has 3 aliphatic rings. The van der Waals surface area contributed by atoms with E-state index in [1.54, 1.807) is 0 Å². The van der Waals surface area contributed by atoms with Crippen molar-refractivity contribution < 1.29 is 14.4 Å². The molecule has 6 nitrogen and oxygen atoms in total. The fraction of sp³-hybridized carbons (Fsp3) is 0.450. The Bertz CT molecular complexity index is 753. The first-order chi connectivity index (χ1) is 12.6. The maximum absolute atomic E-state index is 12.6. The largest absolute Gasteiger partial charge is 0.335 e. The molecule has 4 rings (SSSR count). The molecule has 26 heavy (non-hydrogen) atoms. The third-order valence-corrected chi connectivity index (χ3v) is 5.55. The number of carbonyl (C=O) groups is 3. The van der Waals surface area contributed by atoms with Gasteiger partial charge in [-0.15, -0.1) is 0 Å². The number of imide groups is 2. The lowest BCUT2D eigenvalue weighted by Gasteiger charge is -2.29. The van der Waals surface area contributed by atoms with Crippen LogP contribution in [0.4, 0.5) is 4.79 Å². The van der Waals surface area contributed by atoms with E-state index in [1.807, 2.05) is 23.1 Å². The first-order valence-electron chi connectivity index (χ1n) is 9.31. The Morgan fingerprint density at radius 3 is 2.35 bits per heavy atom. The molecule has 6 heteroatoms. The molecule has 1 saturated carbocycles. The first-order valence-corrected chi connectivity index (χ1v) is 9.31. The van der Waals surface area contributed by atoms with E-state index in [0.717, 1.165) is 43.5 Å². The van der Waals surface area contributed by atoms with Crippen LogP contribution in [-0.2, 0) is 9.59 Å². The van der Waals surface area contributed by atoms with Gasteiger partial charge in [-0.3, -0.25) is 19.4 Å². The molecule has 0 bridgehead atoms. The molecule has 1 aliphatic carbocycles. The minimum absolute atomic E-state index is 0.102. The van der Waals surface area contributed by atoms with Crippen molar-refractivity contribution in [1.29, 1.82) is 0 Å². The molecule has 136 valence electrons. The lowest BCUT2D eigenvalue weighted by molar-refractivity contribution is -0.144. The second kappa shape index (κ2) is 7.03. The van der Waals surface area contributed by atoms with Crippen LogP contribution in [-0.4, -0.2) is 58.3 Å². The Balaban J connectivity index is 1.41. The van der Waals surface area contributed by atoms with Gasteiger partial charge in [0.2, 0.25) is 0 Å². The molecule has 0 spiro atoms. The topological polar surface area (TPSA) is 60.9 Å². The number of nitrogens with zero attached hydrogens (tertiary/aromatic N) is 3. The Labute approximate surface area is 153 Å². The highest BCUT2D eigenvalue weighted by atomic mass is 16.2. The molecule has 1 aromatic carbocycles. The lowest BCUT2D eigenvalue weighted by Crippen LogP contribution is -2.44. The molecular weight excluding hydrogens is 330 g/mol. The van der Waals surface area contributed by atoms with Crippen LogP contribution in [0.3, 0.4) is 0 Å². The average molecular weight is 353 g/mol. The highest BCUT2D eigenvalue weighted by Crippen LogP contribution is 2.28. The molecule has 0 N–H and O–H groups in total. The van der Waals surface area contributed by atoms with E-state index >= 15 is 0 Å². The van der Waals surface area contributed by atoms with E-state index in [-0.39, 0.29) is 12.7 Å². The van der Waals surface area contributed by atoms with Gasteiger partial charge in [-0.05, 0) is 30.4 Å². The highest BCUT2D eigenvalue weighted by Gasteiger charge is 2.48. The van der Waals surface area contributed by atoms with Crippen molar-refractivity contribution in [2.75, 3.05) is 19.8 Å². The van der Waals surface area contributed by atoms with Crippen LogP contribution in [0, 0.1) is 0 Å². The summed E-state index contributed by atoms with van der Waals surface area (Å²) in [7, 11) is 0. The molecule has 4 amide bonds. The second-order valence-electron chi connectivity index (χ2n) is 7.19. The number of carbonyl (C=O) groups excluding carboxylic acids is 3. The maximum Gasteiger partial charge on any atom is 0.335 e. The summed E-state index contributed by atoms with van der Waals surface area (Å²) in [5, 5.41) is 0. The predicted molar refractivity (Wildman–Crippen MR) is 96.8 cm³/mol. The van der Waals surface area contributed by atoms with Crippen molar-refractivity contribution in [1.82, 2.24) is 14.7 Å². The summed E-state index contributed by atoms with van der Waals surface area (Å²) in [4.78, 5) is 41.6. The number of hydrogen-bond donors (Lipinski definition) is 0. The van der Waals surface area contributed by atoms with Gasteiger partial charge in [0.15, 0.2) is 0 Å². The van der Waals surface area contributed by atoms with Crippen molar-refractivity contribution in [3.8, 4) is 0 Å². The Morgan fingerprint density at radius 2 is 1.69 bits per heavy atom. The van der Waals surface area contributed by atoms with Crippen LogP contribution < -0.4 is 0 Å². The van der Waals surface area contributed by atoms with Crippen molar-refractivity contribution in [2.24, 2.45) is 0 Å². The molecule has 0 unspecified atom stereocenters. The first kappa shape index (κ1) is 17.0. The summed E-state index contributed by atoms with van der Waals surface area (Å²) >= 11 is 0. The quantitative estimate of drug-likeness (QED) is 0.616. The smallest absolute Gasteiger partial charge is 0.281 e. The van der Waals surface area contributed by atoms with Crippen LogP contribution in [0.1, 0.15) is 37.7 Å². The van der Waals surface area contributed by atoms with Gasteiger partial charge >= 0.3 is 17.8 Å². The van der Waals surface area contributed by atoms with Crippen molar-refractivity contribution in [3.63, 3.8) is 0 Å². The average Bonchev–Trinajstić information content (AvgIpc) is 3.27. The number of benzene rings is 1.